The molecule has 0 aromatic carbocycles. The van der Waals surface area contributed by atoms with E-state index in [0.717, 1.165) is 28.2 Å². The molecule has 2 aromatic heterocycles. The van der Waals surface area contributed by atoms with Gasteiger partial charge in [-0.2, -0.15) is 0 Å². The first-order valence-electron chi connectivity index (χ1n) is 6.84. The molecular weight excluding hydrogens is 302 g/mol. The van der Waals surface area contributed by atoms with Gasteiger partial charge in [0, 0.05) is 15.3 Å². The number of aryl methyl sites for hydroxylation is 2. The summed E-state index contributed by atoms with van der Waals surface area (Å²) in [7, 11) is 0. The minimum absolute atomic E-state index is 0.0103. The summed E-state index contributed by atoms with van der Waals surface area (Å²) in [6.07, 6.45) is 3.43. The SMILES string of the molecule is O=C(NCc1sccc1C#CCO)c1cc2c(s1)CCC2. The van der Waals surface area contributed by atoms with Crippen LogP contribution in [-0.4, -0.2) is 17.6 Å². The second-order valence-corrected chi connectivity index (χ2v) is 6.95. The van der Waals surface area contributed by atoms with E-state index < -0.39 is 0 Å². The number of aliphatic hydroxyl groups excluding tert-OH is 1. The maximum absolute atomic E-state index is 12.2. The van der Waals surface area contributed by atoms with E-state index in [1.54, 1.807) is 22.7 Å². The lowest BCUT2D eigenvalue weighted by atomic mass is 10.2. The van der Waals surface area contributed by atoms with Crippen molar-refractivity contribution in [1.82, 2.24) is 5.32 Å². The lowest BCUT2D eigenvalue weighted by Crippen LogP contribution is -2.21. The van der Waals surface area contributed by atoms with Gasteiger partial charge in [-0.3, -0.25) is 4.79 Å². The minimum atomic E-state index is -0.150. The van der Waals surface area contributed by atoms with Crippen LogP contribution >= 0.6 is 22.7 Å². The highest BCUT2D eigenvalue weighted by Gasteiger charge is 2.18. The first-order valence-corrected chi connectivity index (χ1v) is 8.53. The Balaban J connectivity index is 1.64. The lowest BCUT2D eigenvalue weighted by Gasteiger charge is -2.02. The van der Waals surface area contributed by atoms with Crippen molar-refractivity contribution in [3.63, 3.8) is 0 Å². The fourth-order valence-electron chi connectivity index (χ4n) is 2.41. The summed E-state index contributed by atoms with van der Waals surface area (Å²) in [4.78, 5) is 15.4. The van der Waals surface area contributed by atoms with E-state index in [2.05, 4.69) is 17.2 Å². The largest absolute Gasteiger partial charge is 0.384 e. The zero-order valence-electron chi connectivity index (χ0n) is 11.4. The Kier molecular flexibility index (Phi) is 4.39. The van der Waals surface area contributed by atoms with Crippen LogP contribution < -0.4 is 5.32 Å². The smallest absolute Gasteiger partial charge is 0.261 e. The van der Waals surface area contributed by atoms with Crippen LogP contribution in [-0.2, 0) is 19.4 Å². The molecule has 0 spiro atoms. The van der Waals surface area contributed by atoms with Crippen LogP contribution in [0.2, 0.25) is 0 Å². The zero-order chi connectivity index (χ0) is 14.7. The number of carbonyl (C=O) groups is 1. The van der Waals surface area contributed by atoms with Crippen molar-refractivity contribution in [2.75, 3.05) is 6.61 Å². The maximum Gasteiger partial charge on any atom is 0.261 e. The molecule has 0 unspecified atom stereocenters. The summed E-state index contributed by atoms with van der Waals surface area (Å²) >= 11 is 3.18. The number of amides is 1. The van der Waals surface area contributed by atoms with Gasteiger partial charge in [0.15, 0.2) is 0 Å². The van der Waals surface area contributed by atoms with Crippen molar-refractivity contribution in [3.05, 3.63) is 43.3 Å². The summed E-state index contributed by atoms with van der Waals surface area (Å²) < 4.78 is 0. The molecule has 0 bridgehead atoms. The Bertz CT molecular complexity index is 697. The van der Waals surface area contributed by atoms with Gasteiger partial charge in [0.2, 0.25) is 0 Å². The highest BCUT2D eigenvalue weighted by Crippen LogP contribution is 2.30. The fraction of sp³-hybridized carbons (Fsp3) is 0.312. The molecule has 3 nitrogen and oxygen atoms in total. The fourth-order valence-corrected chi connectivity index (χ4v) is 4.35. The molecule has 3 rings (SSSR count). The summed E-state index contributed by atoms with van der Waals surface area (Å²) in [6, 6.07) is 3.94. The molecule has 0 fully saturated rings. The molecule has 0 atom stereocenters. The lowest BCUT2D eigenvalue weighted by molar-refractivity contribution is 0.0955. The van der Waals surface area contributed by atoms with E-state index in [9.17, 15) is 4.79 Å². The van der Waals surface area contributed by atoms with Crippen LogP contribution in [0, 0.1) is 11.8 Å². The number of rotatable bonds is 3. The summed E-state index contributed by atoms with van der Waals surface area (Å²) in [6.45, 7) is 0.330. The van der Waals surface area contributed by atoms with Gasteiger partial charge in [-0.15, -0.1) is 22.7 Å². The second-order valence-electron chi connectivity index (χ2n) is 4.81. The molecule has 0 saturated heterocycles. The van der Waals surface area contributed by atoms with Gasteiger partial charge in [0.05, 0.1) is 11.4 Å². The predicted molar refractivity (Wildman–Crippen MR) is 85.8 cm³/mol. The quantitative estimate of drug-likeness (QED) is 0.855. The molecule has 2 N–H and O–H groups in total. The number of hydrogen-bond acceptors (Lipinski definition) is 4. The van der Waals surface area contributed by atoms with Crippen LogP contribution in [0.4, 0.5) is 0 Å². The van der Waals surface area contributed by atoms with Crippen molar-refractivity contribution < 1.29 is 9.90 Å². The minimum Gasteiger partial charge on any atom is -0.384 e. The Morgan fingerprint density at radius 1 is 1.43 bits per heavy atom. The van der Waals surface area contributed by atoms with E-state index in [0.29, 0.717) is 6.54 Å². The molecule has 0 saturated carbocycles. The Morgan fingerprint density at radius 3 is 3.14 bits per heavy atom. The van der Waals surface area contributed by atoms with Crippen molar-refractivity contribution in [3.8, 4) is 11.8 Å². The number of thiophene rings is 2. The van der Waals surface area contributed by atoms with Crippen LogP contribution in [0.3, 0.4) is 0 Å². The van der Waals surface area contributed by atoms with Gasteiger partial charge in [-0.1, -0.05) is 11.8 Å². The first kappa shape index (κ1) is 14.3. The summed E-state index contributed by atoms with van der Waals surface area (Å²) in [5, 5.41) is 13.6. The molecule has 1 aliphatic rings. The topological polar surface area (TPSA) is 49.3 Å². The van der Waals surface area contributed by atoms with E-state index in [1.807, 2.05) is 17.5 Å². The van der Waals surface area contributed by atoms with Crippen LogP contribution in [0.25, 0.3) is 0 Å². The Hall–Kier alpha value is -1.61. The number of fused-ring (bicyclic) bond motifs is 1. The van der Waals surface area contributed by atoms with Gasteiger partial charge in [-0.05, 0) is 42.3 Å². The Morgan fingerprint density at radius 2 is 2.33 bits per heavy atom. The number of aliphatic hydroxyl groups is 1. The van der Waals surface area contributed by atoms with Crippen LogP contribution in [0.5, 0.6) is 0 Å². The average Bonchev–Trinajstić information content (AvgIpc) is 3.17. The molecule has 0 aliphatic heterocycles. The molecular formula is C16H15NO2S2. The third kappa shape index (κ3) is 3.18. The monoisotopic (exact) mass is 317 g/mol. The number of carbonyl (C=O) groups excluding carboxylic acids is 1. The average molecular weight is 317 g/mol. The highest BCUT2D eigenvalue weighted by molar-refractivity contribution is 7.14. The predicted octanol–water partition coefficient (Wildman–Crippen LogP) is 2.57. The third-order valence-electron chi connectivity index (χ3n) is 3.43. The summed E-state index contributed by atoms with van der Waals surface area (Å²) in [5.74, 6) is 5.53. The molecule has 0 radical (unpaired) electrons. The standard InChI is InChI=1S/C16H15NO2S2/c18-7-2-4-11-6-8-20-15(11)10-17-16(19)14-9-12-3-1-5-13(12)21-14/h6,8-9,18H,1,3,5,7,10H2,(H,17,19). The van der Waals surface area contributed by atoms with Crippen molar-refractivity contribution >= 4 is 28.6 Å². The molecule has 2 heterocycles. The Labute approximate surface area is 131 Å². The number of nitrogens with one attached hydrogen (secondary N) is 1. The molecule has 5 heteroatoms. The third-order valence-corrected chi connectivity index (χ3v) is 5.58. The van der Waals surface area contributed by atoms with Gasteiger partial charge < -0.3 is 10.4 Å². The molecule has 21 heavy (non-hydrogen) atoms. The maximum atomic E-state index is 12.2. The molecule has 2 aromatic rings. The van der Waals surface area contributed by atoms with Gasteiger partial charge in [0.1, 0.15) is 6.61 Å². The second kappa shape index (κ2) is 6.44. The summed E-state index contributed by atoms with van der Waals surface area (Å²) in [5.41, 5.74) is 2.22. The van der Waals surface area contributed by atoms with Crippen molar-refractivity contribution in [2.45, 2.75) is 25.8 Å². The van der Waals surface area contributed by atoms with E-state index >= 15 is 0 Å². The van der Waals surface area contributed by atoms with Gasteiger partial charge >= 0.3 is 0 Å². The molecule has 1 aliphatic carbocycles. The highest BCUT2D eigenvalue weighted by atomic mass is 32.1. The first-order chi connectivity index (χ1) is 10.3. The zero-order valence-corrected chi connectivity index (χ0v) is 13.1. The van der Waals surface area contributed by atoms with E-state index in [-0.39, 0.29) is 12.5 Å². The van der Waals surface area contributed by atoms with Crippen LogP contribution in [0.15, 0.2) is 17.5 Å². The molecule has 1 amide bonds. The van der Waals surface area contributed by atoms with E-state index in [1.165, 1.54) is 16.9 Å². The normalized spacial score (nSPS) is 12.6. The number of hydrogen-bond donors (Lipinski definition) is 2. The van der Waals surface area contributed by atoms with Gasteiger partial charge in [-0.25, -0.2) is 0 Å². The van der Waals surface area contributed by atoms with Crippen molar-refractivity contribution in [2.24, 2.45) is 0 Å². The van der Waals surface area contributed by atoms with Gasteiger partial charge in [0.25, 0.3) is 5.91 Å². The van der Waals surface area contributed by atoms with E-state index in [4.69, 9.17) is 5.11 Å². The van der Waals surface area contributed by atoms with Crippen LogP contribution in [0.1, 0.15) is 37.0 Å². The molecule has 108 valence electrons. The van der Waals surface area contributed by atoms with Crippen molar-refractivity contribution in [1.29, 1.82) is 0 Å².